The number of carbonyl (C=O) groups is 2. The Morgan fingerprint density at radius 2 is 1.88 bits per heavy atom. The molecule has 0 aliphatic heterocycles. The zero-order chi connectivity index (χ0) is 24.5. The number of rotatable bonds is 10. The lowest BCUT2D eigenvalue weighted by Crippen LogP contribution is -2.35. The molecule has 2 heterocycles. The number of aromatic nitrogens is 3. The molecule has 0 radical (unpaired) electrons. The van der Waals surface area contributed by atoms with Gasteiger partial charge in [0.15, 0.2) is 0 Å². The van der Waals surface area contributed by atoms with Crippen molar-refractivity contribution in [1.82, 2.24) is 25.4 Å². The van der Waals surface area contributed by atoms with E-state index in [1.807, 2.05) is 12.1 Å². The number of hydrogen-bond acceptors (Lipinski definition) is 7. The molecule has 176 valence electrons. The predicted molar refractivity (Wildman–Crippen MR) is 129 cm³/mol. The Labute approximate surface area is 198 Å². The summed E-state index contributed by atoms with van der Waals surface area (Å²) < 4.78 is 1.65. The van der Waals surface area contributed by atoms with E-state index in [9.17, 15) is 9.59 Å². The normalized spacial score (nSPS) is 12.3. The monoisotopic (exact) mass is 460 g/mol. The molecule has 0 saturated carbocycles. The Morgan fingerprint density at radius 3 is 2.47 bits per heavy atom. The van der Waals surface area contributed by atoms with Crippen molar-refractivity contribution in [3.8, 4) is 6.07 Å². The molecule has 2 amide bonds. The van der Waals surface area contributed by atoms with Crippen LogP contribution >= 0.6 is 0 Å². The molecule has 0 spiro atoms. The highest BCUT2D eigenvalue weighted by Gasteiger charge is 2.23. The van der Waals surface area contributed by atoms with Gasteiger partial charge >= 0.3 is 0 Å². The molecule has 0 aliphatic rings. The first-order valence-corrected chi connectivity index (χ1v) is 10.8. The number of benzene rings is 1. The number of carbonyl (C=O) groups excluding carboxylic acids is 2. The first kappa shape index (κ1) is 24.4. The zero-order valence-corrected chi connectivity index (χ0v) is 19.4. The molecule has 0 unspecified atom stereocenters. The number of nitrogens with one attached hydrogen (secondary N) is 4. The fourth-order valence-electron chi connectivity index (χ4n) is 3.29. The fraction of sp³-hybridized carbons (Fsp3) is 0.292. The van der Waals surface area contributed by atoms with Gasteiger partial charge in [0.2, 0.25) is 11.8 Å². The van der Waals surface area contributed by atoms with Crippen LogP contribution in [0.3, 0.4) is 0 Å². The van der Waals surface area contributed by atoms with Crippen LogP contribution in [0.5, 0.6) is 0 Å². The van der Waals surface area contributed by atoms with Crippen molar-refractivity contribution in [3.63, 3.8) is 0 Å². The van der Waals surface area contributed by atoms with E-state index in [1.165, 1.54) is 0 Å². The van der Waals surface area contributed by atoms with E-state index >= 15 is 0 Å². The van der Waals surface area contributed by atoms with Gasteiger partial charge in [-0.15, -0.1) is 0 Å². The molecule has 34 heavy (non-hydrogen) atoms. The van der Waals surface area contributed by atoms with Crippen molar-refractivity contribution in [2.24, 2.45) is 7.05 Å². The standard InChI is InChI=1S/C24H28N8O2/c1-16(18-6-4-17(10-25)5-7-18)11-29-23(19-12-30-32(3)15-19)24(34)31-21-9-8-20(13-28-21)27-14-22(33)26-2/h4-9,12-13,15-16,23,27,29H,11,14H2,1-3H3,(H,26,33)(H,28,31,34)/t16-,23+/m1/s1. The molecule has 1 aromatic carbocycles. The highest BCUT2D eigenvalue weighted by Crippen LogP contribution is 2.19. The summed E-state index contributed by atoms with van der Waals surface area (Å²) >= 11 is 0. The lowest BCUT2D eigenvalue weighted by atomic mass is 9.99. The quantitative estimate of drug-likeness (QED) is 0.363. The largest absolute Gasteiger partial charge is 0.375 e. The molecule has 4 N–H and O–H groups in total. The molecule has 0 saturated heterocycles. The van der Waals surface area contributed by atoms with E-state index in [2.05, 4.69) is 44.3 Å². The summed E-state index contributed by atoms with van der Waals surface area (Å²) in [6.45, 7) is 2.72. The van der Waals surface area contributed by atoms with Gasteiger partial charge in [0.25, 0.3) is 0 Å². The van der Waals surface area contributed by atoms with Gasteiger partial charge < -0.3 is 21.3 Å². The van der Waals surface area contributed by atoms with Crippen molar-refractivity contribution in [1.29, 1.82) is 5.26 Å². The van der Waals surface area contributed by atoms with Crippen molar-refractivity contribution in [2.45, 2.75) is 18.9 Å². The zero-order valence-electron chi connectivity index (χ0n) is 19.4. The molecule has 2 atom stereocenters. The fourth-order valence-corrected chi connectivity index (χ4v) is 3.29. The van der Waals surface area contributed by atoms with E-state index in [-0.39, 0.29) is 24.3 Å². The van der Waals surface area contributed by atoms with Gasteiger partial charge in [-0.1, -0.05) is 19.1 Å². The lowest BCUT2D eigenvalue weighted by molar-refractivity contribution is -0.119. The number of nitrogens with zero attached hydrogens (tertiary/aromatic N) is 4. The second-order valence-corrected chi connectivity index (χ2v) is 7.87. The van der Waals surface area contributed by atoms with E-state index in [4.69, 9.17) is 5.26 Å². The van der Waals surface area contributed by atoms with Gasteiger partial charge in [0.05, 0.1) is 36.3 Å². The maximum absolute atomic E-state index is 13.1. The first-order chi connectivity index (χ1) is 16.4. The summed E-state index contributed by atoms with van der Waals surface area (Å²) in [5, 5.41) is 24.8. The van der Waals surface area contributed by atoms with Crippen LogP contribution in [0.1, 0.15) is 35.6 Å². The van der Waals surface area contributed by atoms with Gasteiger partial charge in [0.1, 0.15) is 11.9 Å². The number of amides is 2. The predicted octanol–water partition coefficient (Wildman–Crippen LogP) is 1.92. The molecule has 2 aromatic heterocycles. The van der Waals surface area contributed by atoms with E-state index < -0.39 is 6.04 Å². The third-order valence-corrected chi connectivity index (χ3v) is 5.30. The van der Waals surface area contributed by atoms with Crippen LogP contribution in [0, 0.1) is 11.3 Å². The summed E-state index contributed by atoms with van der Waals surface area (Å²) in [5.41, 5.74) is 3.08. The summed E-state index contributed by atoms with van der Waals surface area (Å²) in [7, 11) is 3.36. The molecule has 3 rings (SSSR count). The Balaban J connectivity index is 1.66. The van der Waals surface area contributed by atoms with Crippen molar-refractivity contribution < 1.29 is 9.59 Å². The number of pyridine rings is 1. The average molecular weight is 461 g/mol. The second-order valence-electron chi connectivity index (χ2n) is 7.87. The van der Waals surface area contributed by atoms with E-state index in [1.54, 1.807) is 61.6 Å². The minimum absolute atomic E-state index is 0.114. The summed E-state index contributed by atoms with van der Waals surface area (Å²) in [6.07, 6.45) is 5.00. The average Bonchev–Trinajstić information content (AvgIpc) is 3.29. The van der Waals surface area contributed by atoms with Crippen molar-refractivity contribution in [3.05, 3.63) is 71.7 Å². The van der Waals surface area contributed by atoms with Gasteiger partial charge in [-0.2, -0.15) is 10.4 Å². The molecule has 0 fully saturated rings. The van der Waals surface area contributed by atoms with Crippen LogP contribution in [0.2, 0.25) is 0 Å². The van der Waals surface area contributed by atoms with Crippen LogP contribution in [0.25, 0.3) is 0 Å². The van der Waals surface area contributed by atoms with Crippen LogP contribution < -0.4 is 21.3 Å². The van der Waals surface area contributed by atoms with E-state index in [0.717, 1.165) is 11.1 Å². The van der Waals surface area contributed by atoms with Crippen LogP contribution in [0.15, 0.2) is 55.0 Å². The summed E-state index contributed by atoms with van der Waals surface area (Å²) in [5.74, 6) is 0.103. The van der Waals surface area contributed by atoms with Crippen LogP contribution in [0.4, 0.5) is 11.5 Å². The van der Waals surface area contributed by atoms with Crippen molar-refractivity contribution in [2.75, 3.05) is 30.8 Å². The summed E-state index contributed by atoms with van der Waals surface area (Å²) in [4.78, 5) is 28.8. The third-order valence-electron chi connectivity index (χ3n) is 5.30. The third kappa shape index (κ3) is 6.63. The Bertz CT molecular complexity index is 1150. The minimum Gasteiger partial charge on any atom is -0.375 e. The number of aryl methyl sites for hydroxylation is 1. The maximum Gasteiger partial charge on any atom is 0.247 e. The molecule has 0 bridgehead atoms. The van der Waals surface area contributed by atoms with Crippen LogP contribution in [-0.4, -0.2) is 46.7 Å². The van der Waals surface area contributed by atoms with Crippen LogP contribution in [-0.2, 0) is 16.6 Å². The number of nitriles is 1. The SMILES string of the molecule is CNC(=O)CNc1ccc(NC(=O)[C@@H](NC[C@@H](C)c2ccc(C#N)cc2)c2cnn(C)c2)nc1. The topological polar surface area (TPSA) is 137 Å². The Hall–Kier alpha value is -4.23. The Kier molecular flexibility index (Phi) is 8.32. The molecular formula is C24H28N8O2. The second kappa shape index (κ2) is 11.6. The maximum atomic E-state index is 13.1. The Morgan fingerprint density at radius 1 is 1.12 bits per heavy atom. The molecule has 3 aromatic rings. The van der Waals surface area contributed by atoms with Crippen molar-refractivity contribution >= 4 is 23.3 Å². The summed E-state index contributed by atoms with van der Waals surface area (Å²) in [6, 6.07) is 12.3. The van der Waals surface area contributed by atoms with Gasteiger partial charge in [-0.25, -0.2) is 4.98 Å². The highest BCUT2D eigenvalue weighted by molar-refractivity contribution is 5.94. The smallest absolute Gasteiger partial charge is 0.247 e. The molecule has 10 nitrogen and oxygen atoms in total. The number of likely N-dealkylation sites (N-methyl/N-ethyl adjacent to an activating group) is 1. The molecule has 0 aliphatic carbocycles. The van der Waals surface area contributed by atoms with Gasteiger partial charge in [-0.05, 0) is 35.7 Å². The van der Waals surface area contributed by atoms with Gasteiger partial charge in [-0.3, -0.25) is 14.3 Å². The molecular weight excluding hydrogens is 432 g/mol. The first-order valence-electron chi connectivity index (χ1n) is 10.8. The molecule has 10 heteroatoms. The number of anilines is 2. The van der Waals surface area contributed by atoms with Gasteiger partial charge in [0, 0.05) is 32.4 Å². The number of hydrogen-bond donors (Lipinski definition) is 4. The van der Waals surface area contributed by atoms with E-state index in [0.29, 0.717) is 23.6 Å². The lowest BCUT2D eigenvalue weighted by Gasteiger charge is -2.20. The highest BCUT2D eigenvalue weighted by atomic mass is 16.2. The minimum atomic E-state index is -0.637.